The normalized spacial score (nSPS) is 10.9. The van der Waals surface area contributed by atoms with Crippen LogP contribution in [0.25, 0.3) is 17.1 Å². The molecule has 0 saturated heterocycles. The van der Waals surface area contributed by atoms with E-state index in [1.165, 1.54) is 0 Å². The quantitative estimate of drug-likeness (QED) is 0.780. The molecule has 0 atom stereocenters. The minimum absolute atomic E-state index is 0.404. The number of aromatic nitrogens is 4. The van der Waals surface area contributed by atoms with Gasteiger partial charge in [0.05, 0.1) is 17.6 Å². The summed E-state index contributed by atoms with van der Waals surface area (Å²) >= 11 is 1.74. The lowest BCUT2D eigenvalue weighted by molar-refractivity contribution is 0.425. The van der Waals surface area contributed by atoms with Gasteiger partial charge in [-0.3, -0.25) is 0 Å². The first-order chi connectivity index (χ1) is 10.3. The van der Waals surface area contributed by atoms with Crippen LogP contribution in [0.15, 0.2) is 41.1 Å². The van der Waals surface area contributed by atoms with Gasteiger partial charge in [0.25, 0.3) is 5.89 Å². The van der Waals surface area contributed by atoms with Gasteiger partial charge in [0, 0.05) is 0 Å². The van der Waals surface area contributed by atoms with Crippen LogP contribution in [-0.2, 0) is 5.75 Å². The number of nitrogens with zero attached hydrogens (tertiary/aromatic N) is 4. The van der Waals surface area contributed by atoms with Crippen LogP contribution in [0, 0.1) is 0 Å². The number of para-hydroxylation sites is 1. The highest BCUT2D eigenvalue weighted by Gasteiger charge is 2.16. The Morgan fingerprint density at radius 2 is 2.10 bits per heavy atom. The molecule has 1 aromatic carbocycles. The first kappa shape index (κ1) is 13.7. The van der Waals surface area contributed by atoms with Crippen molar-refractivity contribution in [1.29, 1.82) is 0 Å². The topological polar surface area (TPSA) is 82.8 Å². The number of nitrogen functional groups attached to an aromatic ring is 1. The molecule has 0 unspecified atom stereocenters. The van der Waals surface area contributed by atoms with Crippen LogP contribution in [0.1, 0.15) is 12.7 Å². The summed E-state index contributed by atoms with van der Waals surface area (Å²) in [5, 5.41) is 8.25. The average Bonchev–Trinajstić information content (AvgIpc) is 3.12. The van der Waals surface area contributed by atoms with Crippen LogP contribution >= 0.6 is 11.8 Å². The third-order valence-corrected chi connectivity index (χ3v) is 3.81. The molecule has 2 N–H and O–H groups in total. The van der Waals surface area contributed by atoms with Crippen molar-refractivity contribution in [3.8, 4) is 17.1 Å². The predicted octanol–water partition coefficient (Wildman–Crippen LogP) is 2.76. The zero-order valence-electron chi connectivity index (χ0n) is 11.6. The largest absolute Gasteiger partial charge is 0.383 e. The molecule has 0 spiro atoms. The second-order valence-electron chi connectivity index (χ2n) is 4.34. The van der Waals surface area contributed by atoms with Gasteiger partial charge in [0.15, 0.2) is 5.82 Å². The van der Waals surface area contributed by atoms with Gasteiger partial charge < -0.3 is 10.3 Å². The fourth-order valence-electron chi connectivity index (χ4n) is 1.91. The first-order valence-corrected chi connectivity index (χ1v) is 7.74. The maximum atomic E-state index is 6.14. The zero-order chi connectivity index (χ0) is 14.7. The number of nitrogens with two attached hydrogens (primary N) is 1. The summed E-state index contributed by atoms with van der Waals surface area (Å²) in [5.41, 5.74) is 7.69. The van der Waals surface area contributed by atoms with Gasteiger partial charge in [-0.25, -0.2) is 4.68 Å². The molecule has 2 heterocycles. The summed E-state index contributed by atoms with van der Waals surface area (Å²) in [7, 11) is 0. The summed E-state index contributed by atoms with van der Waals surface area (Å²) in [6.45, 7) is 2.09. The Bertz CT molecular complexity index is 722. The lowest BCUT2D eigenvalue weighted by Crippen LogP contribution is -2.01. The third-order valence-electron chi connectivity index (χ3n) is 2.94. The number of anilines is 1. The monoisotopic (exact) mass is 301 g/mol. The van der Waals surface area contributed by atoms with Gasteiger partial charge in [-0.2, -0.15) is 21.8 Å². The highest BCUT2D eigenvalue weighted by molar-refractivity contribution is 7.98. The number of thioether (sulfide) groups is 1. The second kappa shape index (κ2) is 6.01. The van der Waals surface area contributed by atoms with E-state index in [2.05, 4.69) is 22.2 Å². The van der Waals surface area contributed by atoms with Crippen molar-refractivity contribution < 1.29 is 4.52 Å². The average molecular weight is 301 g/mol. The van der Waals surface area contributed by atoms with Crippen LogP contribution in [0.5, 0.6) is 0 Å². The van der Waals surface area contributed by atoms with E-state index in [9.17, 15) is 0 Å². The smallest absolute Gasteiger partial charge is 0.263 e. The standard InChI is InChI=1S/C14H15N5OS/c1-2-21-9-12-17-14(20-18-12)11-8-16-19(13(11)15)10-6-4-3-5-7-10/h3-8H,2,9,15H2,1H3. The third kappa shape index (κ3) is 2.78. The summed E-state index contributed by atoms with van der Waals surface area (Å²) < 4.78 is 6.92. The van der Waals surface area contributed by atoms with Crippen LogP contribution in [-0.4, -0.2) is 25.7 Å². The van der Waals surface area contributed by atoms with Crippen molar-refractivity contribution in [3.63, 3.8) is 0 Å². The molecule has 0 bridgehead atoms. The molecule has 0 amide bonds. The molecule has 0 radical (unpaired) electrons. The summed E-state index contributed by atoms with van der Waals surface area (Å²) in [6, 6.07) is 9.68. The Hall–Kier alpha value is -2.28. The lowest BCUT2D eigenvalue weighted by Gasteiger charge is -2.03. The Labute approximate surface area is 126 Å². The van der Waals surface area contributed by atoms with Gasteiger partial charge in [-0.15, -0.1) is 0 Å². The lowest BCUT2D eigenvalue weighted by atomic mass is 10.3. The molecular formula is C14H15N5OS. The second-order valence-corrected chi connectivity index (χ2v) is 5.62. The molecule has 0 aliphatic carbocycles. The Morgan fingerprint density at radius 1 is 1.29 bits per heavy atom. The molecule has 2 aromatic heterocycles. The molecule has 3 aromatic rings. The highest BCUT2D eigenvalue weighted by atomic mass is 32.2. The van der Waals surface area contributed by atoms with E-state index in [4.69, 9.17) is 10.3 Å². The maximum absolute atomic E-state index is 6.14. The van der Waals surface area contributed by atoms with Crippen molar-refractivity contribution in [3.05, 3.63) is 42.4 Å². The minimum Gasteiger partial charge on any atom is -0.383 e. The zero-order valence-corrected chi connectivity index (χ0v) is 12.4. The van der Waals surface area contributed by atoms with E-state index >= 15 is 0 Å². The van der Waals surface area contributed by atoms with Gasteiger partial charge in [0.1, 0.15) is 11.4 Å². The molecule has 0 fully saturated rings. The van der Waals surface area contributed by atoms with E-state index in [1.54, 1.807) is 22.6 Å². The van der Waals surface area contributed by atoms with Crippen LogP contribution in [0.4, 0.5) is 5.82 Å². The van der Waals surface area contributed by atoms with Crippen LogP contribution in [0.2, 0.25) is 0 Å². The number of hydrogen-bond donors (Lipinski definition) is 1. The summed E-state index contributed by atoms with van der Waals surface area (Å²) in [5.74, 6) is 3.30. The van der Waals surface area contributed by atoms with Gasteiger partial charge >= 0.3 is 0 Å². The molecule has 0 aliphatic rings. The number of benzene rings is 1. The van der Waals surface area contributed by atoms with Gasteiger partial charge in [-0.05, 0) is 17.9 Å². The summed E-state index contributed by atoms with van der Waals surface area (Å²) in [4.78, 5) is 4.35. The van der Waals surface area contributed by atoms with Crippen molar-refractivity contribution in [1.82, 2.24) is 19.9 Å². The molecular weight excluding hydrogens is 286 g/mol. The van der Waals surface area contributed by atoms with E-state index < -0.39 is 0 Å². The molecule has 21 heavy (non-hydrogen) atoms. The van der Waals surface area contributed by atoms with E-state index in [-0.39, 0.29) is 0 Å². The van der Waals surface area contributed by atoms with Crippen LogP contribution in [0.3, 0.4) is 0 Å². The SMILES string of the molecule is CCSCc1noc(-c2cnn(-c3ccccc3)c2N)n1. The van der Waals surface area contributed by atoms with Crippen LogP contribution < -0.4 is 5.73 Å². The predicted molar refractivity (Wildman–Crippen MR) is 83.1 cm³/mol. The minimum atomic E-state index is 0.404. The fraction of sp³-hybridized carbons (Fsp3) is 0.214. The molecule has 6 nitrogen and oxygen atoms in total. The molecule has 0 aliphatic heterocycles. The van der Waals surface area contributed by atoms with Crippen molar-refractivity contribution >= 4 is 17.6 Å². The van der Waals surface area contributed by atoms with E-state index in [0.29, 0.717) is 23.1 Å². The Balaban J connectivity index is 1.90. The summed E-state index contributed by atoms with van der Waals surface area (Å²) in [6.07, 6.45) is 1.65. The van der Waals surface area contributed by atoms with E-state index in [0.717, 1.165) is 17.2 Å². The molecule has 3 rings (SSSR count). The Kier molecular flexibility index (Phi) is 3.92. The molecule has 108 valence electrons. The van der Waals surface area contributed by atoms with Crippen molar-refractivity contribution in [2.75, 3.05) is 11.5 Å². The van der Waals surface area contributed by atoms with Crippen molar-refractivity contribution in [2.24, 2.45) is 0 Å². The Morgan fingerprint density at radius 3 is 2.86 bits per heavy atom. The van der Waals surface area contributed by atoms with Gasteiger partial charge in [-0.1, -0.05) is 30.3 Å². The van der Waals surface area contributed by atoms with E-state index in [1.807, 2.05) is 30.3 Å². The highest BCUT2D eigenvalue weighted by Crippen LogP contribution is 2.26. The number of hydrogen-bond acceptors (Lipinski definition) is 6. The molecule has 0 saturated carbocycles. The van der Waals surface area contributed by atoms with Crippen molar-refractivity contribution in [2.45, 2.75) is 12.7 Å². The number of rotatable bonds is 5. The van der Waals surface area contributed by atoms with Gasteiger partial charge in [0.2, 0.25) is 0 Å². The fourth-order valence-corrected chi connectivity index (χ4v) is 2.42. The molecule has 7 heteroatoms. The maximum Gasteiger partial charge on any atom is 0.263 e. The first-order valence-electron chi connectivity index (χ1n) is 6.59.